The molecule has 1 aliphatic heterocycles. The van der Waals surface area contributed by atoms with Crippen LogP contribution in [0.5, 0.6) is 0 Å². The van der Waals surface area contributed by atoms with Gasteiger partial charge in [-0.3, -0.25) is 0 Å². The number of rotatable bonds is 7. The zero-order chi connectivity index (χ0) is 13.3. The van der Waals surface area contributed by atoms with Crippen molar-refractivity contribution in [1.29, 1.82) is 0 Å². The highest BCUT2D eigenvalue weighted by Crippen LogP contribution is 2.26. The van der Waals surface area contributed by atoms with Gasteiger partial charge in [-0.2, -0.15) is 0 Å². The number of hydrogen-bond donors (Lipinski definition) is 1. The van der Waals surface area contributed by atoms with Gasteiger partial charge < -0.3 is 10.2 Å². The molecule has 2 nitrogen and oxygen atoms in total. The Labute approximate surface area is 118 Å². The van der Waals surface area contributed by atoms with Crippen LogP contribution in [0.4, 0.5) is 5.69 Å². The smallest absolute Gasteiger partial charge is 0.0398 e. The van der Waals surface area contributed by atoms with E-state index >= 15 is 0 Å². The lowest BCUT2D eigenvalue weighted by Crippen LogP contribution is -2.26. The lowest BCUT2D eigenvalue weighted by molar-refractivity contribution is 0.603. The number of anilines is 1. The van der Waals surface area contributed by atoms with Crippen molar-refractivity contribution in [1.82, 2.24) is 5.32 Å². The Balaban J connectivity index is 1.79. The summed E-state index contributed by atoms with van der Waals surface area (Å²) in [5.74, 6) is 0. The molecule has 2 rings (SSSR count). The lowest BCUT2D eigenvalue weighted by Gasteiger charge is -2.25. The summed E-state index contributed by atoms with van der Waals surface area (Å²) < 4.78 is 0. The van der Waals surface area contributed by atoms with Crippen LogP contribution in [0.1, 0.15) is 44.6 Å². The average Bonchev–Trinajstić information content (AvgIpc) is 2.65. The summed E-state index contributed by atoms with van der Waals surface area (Å²) >= 11 is 0. The largest absolute Gasteiger partial charge is 0.371 e. The molecule has 1 aromatic carbocycles. The van der Waals surface area contributed by atoms with Crippen LogP contribution >= 0.6 is 0 Å². The molecule has 0 aliphatic carbocycles. The van der Waals surface area contributed by atoms with Gasteiger partial charge in [-0.05, 0) is 63.2 Å². The molecule has 0 atom stereocenters. The van der Waals surface area contributed by atoms with Gasteiger partial charge >= 0.3 is 0 Å². The van der Waals surface area contributed by atoms with E-state index in [2.05, 4.69) is 41.4 Å². The third kappa shape index (κ3) is 4.54. The van der Waals surface area contributed by atoms with Crippen molar-refractivity contribution >= 4 is 5.69 Å². The van der Waals surface area contributed by atoms with E-state index in [0.717, 1.165) is 6.54 Å². The van der Waals surface area contributed by atoms with Gasteiger partial charge in [-0.15, -0.1) is 0 Å². The molecule has 0 unspecified atom stereocenters. The van der Waals surface area contributed by atoms with E-state index in [-0.39, 0.29) is 0 Å². The highest BCUT2D eigenvalue weighted by molar-refractivity contribution is 5.54. The van der Waals surface area contributed by atoms with Gasteiger partial charge in [0.25, 0.3) is 0 Å². The quantitative estimate of drug-likeness (QED) is 0.753. The second-order valence-corrected chi connectivity index (χ2v) is 5.53. The van der Waals surface area contributed by atoms with Gasteiger partial charge in [0.15, 0.2) is 0 Å². The lowest BCUT2D eigenvalue weighted by atomic mass is 10.1. The molecule has 2 heteroatoms. The van der Waals surface area contributed by atoms with E-state index < -0.39 is 0 Å². The van der Waals surface area contributed by atoms with E-state index in [4.69, 9.17) is 0 Å². The second kappa shape index (κ2) is 8.21. The van der Waals surface area contributed by atoms with Crippen molar-refractivity contribution in [2.45, 2.75) is 45.4 Å². The topological polar surface area (TPSA) is 15.3 Å². The monoisotopic (exact) mass is 260 g/mol. The minimum absolute atomic E-state index is 1.16. The summed E-state index contributed by atoms with van der Waals surface area (Å²) in [7, 11) is 0. The Hall–Kier alpha value is -1.02. The summed E-state index contributed by atoms with van der Waals surface area (Å²) in [5, 5.41) is 3.49. The fourth-order valence-electron chi connectivity index (χ4n) is 2.86. The fraction of sp³-hybridized carbons (Fsp3) is 0.647. The van der Waals surface area contributed by atoms with Crippen molar-refractivity contribution < 1.29 is 0 Å². The zero-order valence-electron chi connectivity index (χ0n) is 12.3. The number of aryl methyl sites for hydroxylation is 1. The van der Waals surface area contributed by atoms with Crippen LogP contribution in [0.3, 0.4) is 0 Å². The molecule has 1 aromatic rings. The molecule has 1 N–H and O–H groups in total. The van der Waals surface area contributed by atoms with Crippen molar-refractivity contribution in [3.05, 3.63) is 29.8 Å². The minimum Gasteiger partial charge on any atom is -0.371 e. The molecule has 0 bridgehead atoms. The number of unbranched alkanes of at least 4 members (excludes halogenated alkanes) is 1. The molecule has 0 radical (unpaired) electrons. The van der Waals surface area contributed by atoms with Crippen LogP contribution < -0.4 is 10.2 Å². The van der Waals surface area contributed by atoms with E-state index in [1.165, 1.54) is 63.8 Å². The zero-order valence-corrected chi connectivity index (χ0v) is 12.3. The molecule has 0 aromatic heterocycles. The molecule has 19 heavy (non-hydrogen) atoms. The van der Waals surface area contributed by atoms with Gasteiger partial charge in [-0.25, -0.2) is 0 Å². The maximum atomic E-state index is 3.49. The first kappa shape index (κ1) is 14.4. The van der Waals surface area contributed by atoms with Gasteiger partial charge in [0.2, 0.25) is 0 Å². The molecule has 0 spiro atoms. The van der Waals surface area contributed by atoms with Gasteiger partial charge in [-0.1, -0.05) is 25.1 Å². The Morgan fingerprint density at radius 2 is 2.00 bits per heavy atom. The number of fused-ring (bicyclic) bond motifs is 1. The maximum absolute atomic E-state index is 3.49. The van der Waals surface area contributed by atoms with Gasteiger partial charge in [0.05, 0.1) is 0 Å². The van der Waals surface area contributed by atoms with E-state index in [1.807, 2.05) is 0 Å². The Bertz CT molecular complexity index is 362. The number of para-hydroxylation sites is 1. The molecule has 1 heterocycles. The fourth-order valence-corrected chi connectivity index (χ4v) is 2.86. The SMILES string of the molecule is CCCNCCCCN1CCCCc2ccccc21. The summed E-state index contributed by atoms with van der Waals surface area (Å²) in [5.41, 5.74) is 3.03. The minimum atomic E-state index is 1.16. The summed E-state index contributed by atoms with van der Waals surface area (Å²) in [4.78, 5) is 2.60. The van der Waals surface area contributed by atoms with Crippen LogP contribution in [0, 0.1) is 0 Å². The third-order valence-electron chi connectivity index (χ3n) is 3.91. The van der Waals surface area contributed by atoms with E-state index in [1.54, 1.807) is 5.56 Å². The Morgan fingerprint density at radius 3 is 2.89 bits per heavy atom. The first-order valence-corrected chi connectivity index (χ1v) is 7.95. The maximum Gasteiger partial charge on any atom is 0.0398 e. The van der Waals surface area contributed by atoms with E-state index in [0.29, 0.717) is 0 Å². The molecule has 0 fully saturated rings. The van der Waals surface area contributed by atoms with Crippen molar-refractivity contribution in [3.63, 3.8) is 0 Å². The Morgan fingerprint density at radius 1 is 1.11 bits per heavy atom. The van der Waals surface area contributed by atoms with E-state index in [9.17, 15) is 0 Å². The van der Waals surface area contributed by atoms with Crippen LogP contribution in [-0.4, -0.2) is 26.2 Å². The molecular weight excluding hydrogens is 232 g/mol. The summed E-state index contributed by atoms with van der Waals surface area (Å²) in [6.45, 7) is 7.00. The van der Waals surface area contributed by atoms with Gasteiger partial charge in [0, 0.05) is 18.8 Å². The third-order valence-corrected chi connectivity index (χ3v) is 3.91. The molecule has 0 saturated heterocycles. The summed E-state index contributed by atoms with van der Waals surface area (Å²) in [6, 6.07) is 8.96. The number of hydrogen-bond acceptors (Lipinski definition) is 2. The van der Waals surface area contributed by atoms with Crippen molar-refractivity contribution in [2.24, 2.45) is 0 Å². The molecule has 0 amide bonds. The number of nitrogens with zero attached hydrogens (tertiary/aromatic N) is 1. The van der Waals surface area contributed by atoms with Crippen LogP contribution in [0.2, 0.25) is 0 Å². The molecular formula is C17H28N2. The number of nitrogens with one attached hydrogen (secondary N) is 1. The van der Waals surface area contributed by atoms with Crippen LogP contribution in [0.25, 0.3) is 0 Å². The predicted octanol–water partition coefficient (Wildman–Crippen LogP) is 3.61. The molecule has 0 saturated carbocycles. The van der Waals surface area contributed by atoms with Crippen molar-refractivity contribution in [3.8, 4) is 0 Å². The second-order valence-electron chi connectivity index (χ2n) is 5.53. The Kier molecular flexibility index (Phi) is 6.22. The first-order valence-electron chi connectivity index (χ1n) is 7.95. The summed E-state index contributed by atoms with van der Waals surface area (Å²) in [6.07, 6.45) is 7.75. The highest BCUT2D eigenvalue weighted by atomic mass is 15.1. The molecule has 1 aliphatic rings. The van der Waals surface area contributed by atoms with Crippen LogP contribution in [0.15, 0.2) is 24.3 Å². The normalized spacial score (nSPS) is 15.1. The standard InChI is InChI=1S/C17H28N2/c1-2-12-18-13-6-8-15-19-14-7-5-10-16-9-3-4-11-17(16)19/h3-4,9,11,18H,2,5-8,10,12-15H2,1H3. The van der Waals surface area contributed by atoms with Gasteiger partial charge in [0.1, 0.15) is 0 Å². The average molecular weight is 260 g/mol. The number of benzene rings is 1. The van der Waals surface area contributed by atoms with Crippen LogP contribution in [-0.2, 0) is 6.42 Å². The highest BCUT2D eigenvalue weighted by Gasteiger charge is 2.13. The van der Waals surface area contributed by atoms with Crippen molar-refractivity contribution in [2.75, 3.05) is 31.1 Å². The first-order chi connectivity index (χ1) is 9.42. The molecule has 106 valence electrons. The predicted molar refractivity (Wildman–Crippen MR) is 84.0 cm³/mol.